The van der Waals surface area contributed by atoms with Gasteiger partial charge in [-0.2, -0.15) is 0 Å². The van der Waals surface area contributed by atoms with Crippen molar-refractivity contribution in [3.63, 3.8) is 0 Å². The largest absolute Gasteiger partial charge is 0.481 e. The molecule has 0 bridgehead atoms. The van der Waals surface area contributed by atoms with Crippen molar-refractivity contribution in [1.82, 2.24) is 14.6 Å². The quantitative estimate of drug-likeness (QED) is 0.247. The van der Waals surface area contributed by atoms with E-state index >= 15 is 0 Å². The van der Waals surface area contributed by atoms with Gasteiger partial charge in [-0.05, 0) is 84.2 Å². The van der Waals surface area contributed by atoms with E-state index in [1.165, 1.54) is 19.3 Å². The molecule has 0 aliphatic heterocycles. The molecule has 1 aliphatic carbocycles. The first-order valence-corrected chi connectivity index (χ1v) is 16.4. The molecule has 0 radical (unpaired) electrons. The number of carbonyl (C=O) groups excluding carboxylic acids is 1. The van der Waals surface area contributed by atoms with Gasteiger partial charge in [0.25, 0.3) is 5.91 Å². The van der Waals surface area contributed by atoms with Gasteiger partial charge < -0.3 is 15.0 Å². The molecular formula is C33H45N3O5S. The zero-order chi connectivity index (χ0) is 30.9. The molecule has 42 heavy (non-hydrogen) atoms. The van der Waals surface area contributed by atoms with Crippen LogP contribution in [0.15, 0.2) is 47.4 Å². The molecule has 1 fully saturated rings. The number of carboxylic acids is 1. The standard InChI is InChI=1S/C33H45N3O5S/c1-22-27(30(37)34-19-18-33(5,6)31(38)39)20-28(36(22)21-23-12-8-7-9-13-23)25-16-17-29(26-15-11-10-14-24(25)26)42(40,41)35-32(2,3)4/h10-11,14-17,20,23,35H,7-9,12-13,18-19,21H2,1-6H3,(H,34,37)(H,38,39). The van der Waals surface area contributed by atoms with Crippen LogP contribution in [-0.4, -0.2) is 42.1 Å². The lowest BCUT2D eigenvalue weighted by Crippen LogP contribution is -2.40. The fraction of sp³-hybridized carbons (Fsp3) is 0.515. The number of aliphatic carboxylic acids is 1. The van der Waals surface area contributed by atoms with Crippen molar-refractivity contribution in [2.45, 2.75) is 97.0 Å². The monoisotopic (exact) mass is 595 g/mol. The predicted molar refractivity (Wildman–Crippen MR) is 167 cm³/mol. The Kier molecular flexibility index (Phi) is 9.23. The van der Waals surface area contributed by atoms with Crippen LogP contribution in [0, 0.1) is 18.3 Å². The Morgan fingerprint density at radius 3 is 2.24 bits per heavy atom. The maximum atomic E-state index is 13.4. The van der Waals surface area contributed by atoms with Crippen LogP contribution in [0.1, 0.15) is 89.2 Å². The molecule has 9 heteroatoms. The Balaban J connectivity index is 1.79. The lowest BCUT2D eigenvalue weighted by Gasteiger charge is -2.25. The van der Waals surface area contributed by atoms with Gasteiger partial charge in [-0.1, -0.05) is 49.6 Å². The molecule has 228 valence electrons. The van der Waals surface area contributed by atoms with Crippen LogP contribution in [-0.2, 0) is 21.4 Å². The Hall–Kier alpha value is -3.17. The number of hydrogen-bond acceptors (Lipinski definition) is 4. The van der Waals surface area contributed by atoms with Crippen molar-refractivity contribution in [2.75, 3.05) is 6.54 Å². The lowest BCUT2D eigenvalue weighted by atomic mass is 9.89. The van der Waals surface area contributed by atoms with E-state index in [1.807, 2.05) is 64.1 Å². The highest BCUT2D eigenvalue weighted by molar-refractivity contribution is 7.89. The fourth-order valence-corrected chi connectivity index (χ4v) is 7.47. The lowest BCUT2D eigenvalue weighted by molar-refractivity contribution is -0.147. The molecule has 0 spiro atoms. The zero-order valence-electron chi connectivity index (χ0n) is 25.7. The second-order valence-corrected chi connectivity index (χ2v) is 15.0. The molecule has 4 rings (SSSR count). The Morgan fingerprint density at radius 2 is 1.62 bits per heavy atom. The number of nitrogens with one attached hydrogen (secondary N) is 2. The average molecular weight is 596 g/mol. The molecule has 1 saturated carbocycles. The maximum Gasteiger partial charge on any atom is 0.309 e. The second kappa shape index (κ2) is 12.2. The summed E-state index contributed by atoms with van der Waals surface area (Å²) in [6, 6.07) is 12.9. The van der Waals surface area contributed by atoms with E-state index in [0.29, 0.717) is 23.3 Å². The van der Waals surface area contributed by atoms with Crippen LogP contribution in [0.25, 0.3) is 22.0 Å². The number of hydrogen-bond donors (Lipinski definition) is 3. The molecule has 8 nitrogen and oxygen atoms in total. The van der Waals surface area contributed by atoms with Crippen molar-refractivity contribution in [3.8, 4) is 11.3 Å². The third-order valence-corrected chi connectivity index (χ3v) is 10.1. The minimum atomic E-state index is -3.78. The van der Waals surface area contributed by atoms with E-state index in [1.54, 1.807) is 19.9 Å². The van der Waals surface area contributed by atoms with Crippen molar-refractivity contribution in [1.29, 1.82) is 0 Å². The van der Waals surface area contributed by atoms with E-state index in [9.17, 15) is 23.1 Å². The minimum Gasteiger partial charge on any atom is -0.481 e. The Labute approximate surface area is 249 Å². The maximum absolute atomic E-state index is 13.4. The molecule has 1 aromatic heterocycles. The smallest absolute Gasteiger partial charge is 0.309 e. The number of nitrogens with zero attached hydrogens (tertiary/aromatic N) is 1. The molecule has 1 heterocycles. The summed E-state index contributed by atoms with van der Waals surface area (Å²) in [4.78, 5) is 25.2. The molecule has 0 unspecified atom stereocenters. The van der Waals surface area contributed by atoms with Gasteiger partial charge in [-0.15, -0.1) is 0 Å². The normalized spacial score (nSPS) is 15.2. The number of rotatable bonds is 10. The Morgan fingerprint density at radius 1 is 0.976 bits per heavy atom. The summed E-state index contributed by atoms with van der Waals surface area (Å²) in [6.07, 6.45) is 6.23. The summed E-state index contributed by atoms with van der Waals surface area (Å²) in [5.41, 5.74) is 1.56. The van der Waals surface area contributed by atoms with Gasteiger partial charge in [0, 0.05) is 41.0 Å². The summed E-state index contributed by atoms with van der Waals surface area (Å²) < 4.78 is 31.8. The molecule has 1 amide bonds. The first-order valence-electron chi connectivity index (χ1n) is 14.9. The third-order valence-electron chi connectivity index (χ3n) is 8.28. The molecule has 0 atom stereocenters. The van der Waals surface area contributed by atoms with Gasteiger partial charge in [0.05, 0.1) is 15.9 Å². The molecule has 1 aliphatic rings. The van der Waals surface area contributed by atoms with Gasteiger partial charge >= 0.3 is 5.97 Å². The number of aromatic nitrogens is 1. The van der Waals surface area contributed by atoms with Crippen LogP contribution in [0.2, 0.25) is 0 Å². The summed E-state index contributed by atoms with van der Waals surface area (Å²) in [7, 11) is -3.78. The van der Waals surface area contributed by atoms with E-state index in [0.717, 1.165) is 41.7 Å². The summed E-state index contributed by atoms with van der Waals surface area (Å²) in [5, 5.41) is 13.8. The molecular weight excluding hydrogens is 550 g/mol. The predicted octanol–water partition coefficient (Wildman–Crippen LogP) is 6.50. The van der Waals surface area contributed by atoms with Crippen molar-refractivity contribution >= 4 is 32.7 Å². The number of benzene rings is 2. The van der Waals surface area contributed by atoms with E-state index in [4.69, 9.17) is 0 Å². The summed E-state index contributed by atoms with van der Waals surface area (Å²) in [6.45, 7) is 11.7. The van der Waals surface area contributed by atoms with Crippen LogP contribution in [0.3, 0.4) is 0 Å². The number of carboxylic acid groups (broad SMARTS) is 1. The van der Waals surface area contributed by atoms with Crippen LogP contribution < -0.4 is 10.0 Å². The van der Waals surface area contributed by atoms with Gasteiger partial charge in [0.2, 0.25) is 10.0 Å². The highest BCUT2D eigenvalue weighted by atomic mass is 32.2. The van der Waals surface area contributed by atoms with E-state index in [-0.39, 0.29) is 17.3 Å². The first-order chi connectivity index (χ1) is 19.6. The van der Waals surface area contributed by atoms with Gasteiger partial charge in [0.1, 0.15) is 0 Å². The number of amides is 1. The minimum absolute atomic E-state index is 0.220. The number of carbonyl (C=O) groups is 2. The molecule has 0 saturated heterocycles. The third kappa shape index (κ3) is 7.06. The molecule has 2 aromatic carbocycles. The van der Waals surface area contributed by atoms with E-state index < -0.39 is 26.9 Å². The van der Waals surface area contributed by atoms with Crippen molar-refractivity contribution < 1.29 is 23.1 Å². The SMILES string of the molecule is Cc1c(C(=O)NCCC(C)(C)C(=O)O)cc(-c2ccc(S(=O)(=O)NC(C)(C)C)c3ccccc23)n1CC1CCCCC1. The molecule has 3 aromatic rings. The van der Waals surface area contributed by atoms with Crippen LogP contribution >= 0.6 is 0 Å². The summed E-state index contributed by atoms with van der Waals surface area (Å²) in [5.74, 6) is -0.642. The molecule has 3 N–H and O–H groups in total. The van der Waals surface area contributed by atoms with Gasteiger partial charge in [-0.25, -0.2) is 13.1 Å². The number of fused-ring (bicyclic) bond motifs is 1. The van der Waals surface area contributed by atoms with Gasteiger partial charge in [-0.3, -0.25) is 9.59 Å². The number of sulfonamides is 1. The second-order valence-electron chi connectivity index (χ2n) is 13.4. The van der Waals surface area contributed by atoms with Crippen molar-refractivity contribution in [3.05, 3.63) is 53.7 Å². The first kappa shape index (κ1) is 31.8. The van der Waals surface area contributed by atoms with Gasteiger partial charge in [0.15, 0.2) is 0 Å². The van der Waals surface area contributed by atoms with Crippen molar-refractivity contribution in [2.24, 2.45) is 11.3 Å². The van der Waals surface area contributed by atoms with Crippen LogP contribution in [0.5, 0.6) is 0 Å². The highest BCUT2D eigenvalue weighted by Crippen LogP contribution is 2.37. The highest BCUT2D eigenvalue weighted by Gasteiger charge is 2.29. The van der Waals surface area contributed by atoms with Crippen LogP contribution in [0.4, 0.5) is 0 Å². The topological polar surface area (TPSA) is 118 Å². The Bertz CT molecular complexity index is 1570. The van der Waals surface area contributed by atoms with E-state index in [2.05, 4.69) is 14.6 Å². The summed E-state index contributed by atoms with van der Waals surface area (Å²) >= 11 is 0. The average Bonchev–Trinajstić information content (AvgIpc) is 3.22. The fourth-order valence-electron chi connectivity index (χ4n) is 5.84. The zero-order valence-corrected chi connectivity index (χ0v) is 26.5.